The smallest absolute Gasteiger partial charge is 0.341 e. The summed E-state index contributed by atoms with van der Waals surface area (Å²) in [4.78, 5) is 33.0. The molecule has 8 heteroatoms. The summed E-state index contributed by atoms with van der Waals surface area (Å²) >= 11 is 0. The van der Waals surface area contributed by atoms with Crippen molar-refractivity contribution in [3.8, 4) is 5.75 Å². The lowest BCUT2D eigenvalue weighted by Crippen LogP contribution is -2.13. The van der Waals surface area contributed by atoms with Crippen molar-refractivity contribution in [2.45, 2.75) is 6.92 Å². The number of benzene rings is 2. The van der Waals surface area contributed by atoms with Gasteiger partial charge in [-0.15, -0.1) is 0 Å². The van der Waals surface area contributed by atoms with Crippen LogP contribution in [0, 0.1) is 17.0 Å². The van der Waals surface area contributed by atoms with Gasteiger partial charge in [-0.1, -0.05) is 6.07 Å². The van der Waals surface area contributed by atoms with Crippen LogP contribution in [-0.4, -0.2) is 28.5 Å². The standard InChI is InChI=1S/C16H14N2O6/c1-10-7-11(5-6-14(10)18(22)23)16(21)17-12-3-2-4-13(8-12)24-9-15(19)20/h2-8H,9H2,1H3,(H,17,21)(H,19,20). The number of hydrogen-bond donors (Lipinski definition) is 2. The molecule has 0 bridgehead atoms. The maximum absolute atomic E-state index is 12.2. The fourth-order valence-electron chi connectivity index (χ4n) is 2.01. The zero-order valence-corrected chi connectivity index (χ0v) is 12.7. The Morgan fingerprint density at radius 1 is 1.25 bits per heavy atom. The molecule has 24 heavy (non-hydrogen) atoms. The maximum Gasteiger partial charge on any atom is 0.341 e. The summed E-state index contributed by atoms with van der Waals surface area (Å²) in [6, 6.07) is 10.3. The zero-order valence-electron chi connectivity index (χ0n) is 12.7. The van der Waals surface area contributed by atoms with Gasteiger partial charge in [0, 0.05) is 28.9 Å². The minimum absolute atomic E-state index is 0.0596. The van der Waals surface area contributed by atoms with Crippen LogP contribution >= 0.6 is 0 Å². The molecule has 0 atom stereocenters. The highest BCUT2D eigenvalue weighted by molar-refractivity contribution is 6.04. The number of nitro benzene ring substituents is 1. The minimum atomic E-state index is -1.11. The van der Waals surface area contributed by atoms with Crippen molar-refractivity contribution in [2.24, 2.45) is 0 Å². The molecule has 0 saturated carbocycles. The van der Waals surface area contributed by atoms with Gasteiger partial charge in [-0.2, -0.15) is 0 Å². The second-order valence-electron chi connectivity index (χ2n) is 4.92. The van der Waals surface area contributed by atoms with Gasteiger partial charge in [0.05, 0.1) is 4.92 Å². The van der Waals surface area contributed by atoms with Crippen LogP contribution in [0.15, 0.2) is 42.5 Å². The summed E-state index contributed by atoms with van der Waals surface area (Å²) in [6.45, 7) is 1.06. The van der Waals surface area contributed by atoms with Crippen molar-refractivity contribution < 1.29 is 24.4 Å². The number of ether oxygens (including phenoxy) is 1. The molecule has 0 radical (unpaired) electrons. The fraction of sp³-hybridized carbons (Fsp3) is 0.125. The van der Waals surface area contributed by atoms with Gasteiger partial charge >= 0.3 is 5.97 Å². The van der Waals surface area contributed by atoms with Gasteiger partial charge in [0.25, 0.3) is 11.6 Å². The molecule has 0 saturated heterocycles. The van der Waals surface area contributed by atoms with Crippen LogP contribution in [0.4, 0.5) is 11.4 Å². The number of carbonyl (C=O) groups is 2. The van der Waals surface area contributed by atoms with Crippen LogP contribution in [0.5, 0.6) is 5.75 Å². The van der Waals surface area contributed by atoms with Crippen LogP contribution in [0.25, 0.3) is 0 Å². The molecular weight excluding hydrogens is 316 g/mol. The first-order valence-electron chi connectivity index (χ1n) is 6.88. The summed E-state index contributed by atoms with van der Waals surface area (Å²) < 4.78 is 5.03. The molecule has 0 aliphatic heterocycles. The average molecular weight is 330 g/mol. The van der Waals surface area contributed by atoms with Crippen molar-refractivity contribution >= 4 is 23.3 Å². The molecule has 124 valence electrons. The maximum atomic E-state index is 12.2. The monoisotopic (exact) mass is 330 g/mol. The molecule has 0 fully saturated rings. The summed E-state index contributed by atoms with van der Waals surface area (Å²) in [6.07, 6.45) is 0. The van der Waals surface area contributed by atoms with E-state index in [2.05, 4.69) is 5.32 Å². The van der Waals surface area contributed by atoms with Gasteiger partial charge in [0.2, 0.25) is 0 Å². The van der Waals surface area contributed by atoms with E-state index in [-0.39, 0.29) is 11.3 Å². The van der Waals surface area contributed by atoms with E-state index in [1.807, 2.05) is 0 Å². The third kappa shape index (κ3) is 4.29. The highest BCUT2D eigenvalue weighted by atomic mass is 16.6. The Kier molecular flexibility index (Phi) is 5.10. The van der Waals surface area contributed by atoms with Gasteiger partial charge in [-0.05, 0) is 31.2 Å². The first-order valence-corrected chi connectivity index (χ1v) is 6.88. The summed E-state index contributed by atoms with van der Waals surface area (Å²) in [5, 5.41) is 22.0. The predicted octanol–water partition coefficient (Wildman–Crippen LogP) is 2.62. The third-order valence-electron chi connectivity index (χ3n) is 3.11. The Morgan fingerprint density at radius 2 is 2.00 bits per heavy atom. The molecule has 8 nitrogen and oxygen atoms in total. The van der Waals surface area contributed by atoms with E-state index in [9.17, 15) is 19.7 Å². The van der Waals surface area contributed by atoms with E-state index in [1.54, 1.807) is 25.1 Å². The number of anilines is 1. The number of carbonyl (C=O) groups excluding carboxylic acids is 1. The van der Waals surface area contributed by atoms with E-state index in [1.165, 1.54) is 24.3 Å². The number of nitrogens with zero attached hydrogens (tertiary/aromatic N) is 1. The molecule has 0 unspecified atom stereocenters. The van der Waals surface area contributed by atoms with E-state index in [0.29, 0.717) is 17.0 Å². The van der Waals surface area contributed by atoms with E-state index in [4.69, 9.17) is 9.84 Å². The number of hydrogen-bond acceptors (Lipinski definition) is 5. The van der Waals surface area contributed by atoms with E-state index < -0.39 is 23.4 Å². The second-order valence-corrected chi connectivity index (χ2v) is 4.92. The number of nitro groups is 1. The van der Waals surface area contributed by atoms with Crippen molar-refractivity contribution in [3.63, 3.8) is 0 Å². The first kappa shape index (κ1) is 16.9. The highest BCUT2D eigenvalue weighted by Gasteiger charge is 2.14. The van der Waals surface area contributed by atoms with Gasteiger partial charge in [0.1, 0.15) is 5.75 Å². The number of amides is 1. The fourth-order valence-corrected chi connectivity index (χ4v) is 2.01. The lowest BCUT2D eigenvalue weighted by atomic mass is 10.1. The Balaban J connectivity index is 2.12. The molecule has 0 spiro atoms. The van der Waals surface area contributed by atoms with Crippen molar-refractivity contribution in [3.05, 3.63) is 63.7 Å². The van der Waals surface area contributed by atoms with Crippen LogP contribution in [0.1, 0.15) is 15.9 Å². The molecule has 0 aliphatic carbocycles. The van der Waals surface area contributed by atoms with Crippen LogP contribution in [-0.2, 0) is 4.79 Å². The molecule has 0 aromatic heterocycles. The van der Waals surface area contributed by atoms with Crippen molar-refractivity contribution in [1.29, 1.82) is 0 Å². The number of nitrogens with one attached hydrogen (secondary N) is 1. The Hall–Kier alpha value is -3.42. The number of carboxylic acid groups (broad SMARTS) is 1. The normalized spacial score (nSPS) is 10.0. The topological polar surface area (TPSA) is 119 Å². The molecule has 2 aromatic rings. The average Bonchev–Trinajstić information content (AvgIpc) is 2.52. The predicted molar refractivity (Wildman–Crippen MR) is 85.4 cm³/mol. The van der Waals surface area contributed by atoms with E-state index >= 15 is 0 Å². The Labute approximate surface area is 136 Å². The summed E-state index contributed by atoms with van der Waals surface area (Å²) in [5.41, 5.74) is 1.01. The van der Waals surface area contributed by atoms with Crippen molar-refractivity contribution in [2.75, 3.05) is 11.9 Å². The number of rotatable bonds is 6. The largest absolute Gasteiger partial charge is 0.482 e. The van der Waals surface area contributed by atoms with E-state index in [0.717, 1.165) is 0 Å². The number of carboxylic acids is 1. The van der Waals surface area contributed by atoms with Crippen LogP contribution in [0.3, 0.4) is 0 Å². The molecule has 0 aliphatic rings. The second kappa shape index (κ2) is 7.23. The van der Waals surface area contributed by atoms with Crippen LogP contribution < -0.4 is 10.1 Å². The third-order valence-corrected chi connectivity index (χ3v) is 3.11. The van der Waals surface area contributed by atoms with Gasteiger partial charge in [-0.3, -0.25) is 14.9 Å². The lowest BCUT2D eigenvalue weighted by molar-refractivity contribution is -0.385. The first-order chi connectivity index (χ1) is 11.4. The minimum Gasteiger partial charge on any atom is -0.482 e. The number of aliphatic carboxylic acids is 1. The Bertz CT molecular complexity index is 803. The SMILES string of the molecule is Cc1cc(C(=O)Nc2cccc(OCC(=O)O)c2)ccc1[N+](=O)[O-]. The quantitative estimate of drug-likeness (QED) is 0.621. The summed E-state index contributed by atoms with van der Waals surface area (Å²) in [5.74, 6) is -1.25. The molecule has 2 aromatic carbocycles. The molecule has 2 rings (SSSR count). The molecule has 1 amide bonds. The number of aryl methyl sites for hydroxylation is 1. The molecule has 0 heterocycles. The molecular formula is C16H14N2O6. The van der Waals surface area contributed by atoms with Gasteiger partial charge < -0.3 is 15.2 Å². The summed E-state index contributed by atoms with van der Waals surface area (Å²) in [7, 11) is 0. The van der Waals surface area contributed by atoms with Crippen molar-refractivity contribution in [1.82, 2.24) is 0 Å². The zero-order chi connectivity index (χ0) is 17.7. The highest BCUT2D eigenvalue weighted by Crippen LogP contribution is 2.21. The van der Waals surface area contributed by atoms with Crippen LogP contribution in [0.2, 0.25) is 0 Å². The van der Waals surface area contributed by atoms with Gasteiger partial charge in [-0.25, -0.2) is 4.79 Å². The lowest BCUT2D eigenvalue weighted by Gasteiger charge is -2.08. The van der Waals surface area contributed by atoms with Gasteiger partial charge in [0.15, 0.2) is 6.61 Å². The molecule has 2 N–H and O–H groups in total. The Morgan fingerprint density at radius 3 is 2.62 bits per heavy atom.